The number of rotatable bonds is 5. The van der Waals surface area contributed by atoms with Crippen molar-refractivity contribution in [3.05, 3.63) is 40.2 Å². The summed E-state index contributed by atoms with van der Waals surface area (Å²) in [4.78, 5) is 10.4. The van der Waals surface area contributed by atoms with Gasteiger partial charge in [-0.15, -0.1) is 0 Å². The lowest BCUT2D eigenvalue weighted by molar-refractivity contribution is -0.383. The van der Waals surface area contributed by atoms with Crippen LogP contribution in [0.2, 0.25) is 0 Å². The number of nitro benzene ring substituents is 1. The van der Waals surface area contributed by atoms with Gasteiger partial charge in [0.05, 0.1) is 10.6 Å². The number of non-ortho nitro benzene ring substituents is 1. The summed E-state index contributed by atoms with van der Waals surface area (Å²) in [5.41, 5.74) is 2.11. The molecule has 0 amide bonds. The van der Waals surface area contributed by atoms with Crippen LogP contribution in [0.3, 0.4) is 0 Å². The Bertz CT molecular complexity index is 793. The Morgan fingerprint density at radius 1 is 1.33 bits per heavy atom. The number of aryl methyl sites for hydroxylation is 1. The van der Waals surface area contributed by atoms with Gasteiger partial charge in [0.25, 0.3) is 0 Å². The number of hydrogen-bond donors (Lipinski definition) is 1. The van der Waals surface area contributed by atoms with Crippen LogP contribution in [0.25, 0.3) is 11.0 Å². The van der Waals surface area contributed by atoms with Crippen LogP contribution in [0.15, 0.2) is 29.0 Å². The van der Waals surface area contributed by atoms with E-state index in [1.807, 2.05) is 13.1 Å². The maximum Gasteiger partial charge on any atom is 0.300 e. The number of benzene rings is 1. The Hall–Kier alpha value is -2.97. The zero-order valence-electron chi connectivity index (χ0n) is 11.2. The van der Waals surface area contributed by atoms with E-state index in [2.05, 4.69) is 25.4 Å². The molecule has 9 nitrogen and oxygen atoms in total. The van der Waals surface area contributed by atoms with Crippen molar-refractivity contribution in [2.45, 2.75) is 6.42 Å². The standard InChI is InChI=1S/C12H12N6O3/c1-17-8(5-7-14-17)4-6-13-9-2-3-10(18(19)20)12-11(9)15-21-16-12/h2-3,5,7,13H,4,6H2,1H3. The molecule has 1 N–H and O–H groups in total. The largest absolute Gasteiger partial charge is 0.383 e. The molecular weight excluding hydrogens is 276 g/mol. The average Bonchev–Trinajstić information content (AvgIpc) is 3.08. The molecule has 0 saturated heterocycles. The molecule has 0 aliphatic heterocycles. The molecule has 0 fully saturated rings. The van der Waals surface area contributed by atoms with Crippen LogP contribution in [0.1, 0.15) is 5.69 Å². The lowest BCUT2D eigenvalue weighted by atomic mass is 10.2. The van der Waals surface area contributed by atoms with Gasteiger partial charge in [0.1, 0.15) is 0 Å². The fourth-order valence-electron chi connectivity index (χ4n) is 2.12. The zero-order valence-corrected chi connectivity index (χ0v) is 11.2. The second-order valence-electron chi connectivity index (χ2n) is 4.47. The monoisotopic (exact) mass is 288 g/mol. The van der Waals surface area contributed by atoms with Gasteiger partial charge in [-0.3, -0.25) is 14.8 Å². The van der Waals surface area contributed by atoms with Crippen LogP contribution in [-0.4, -0.2) is 31.6 Å². The van der Waals surface area contributed by atoms with E-state index >= 15 is 0 Å². The van der Waals surface area contributed by atoms with Gasteiger partial charge in [0, 0.05) is 38.0 Å². The topological polar surface area (TPSA) is 112 Å². The van der Waals surface area contributed by atoms with Crippen molar-refractivity contribution in [1.82, 2.24) is 20.1 Å². The molecule has 0 radical (unpaired) electrons. The van der Waals surface area contributed by atoms with E-state index in [0.29, 0.717) is 17.7 Å². The van der Waals surface area contributed by atoms with E-state index in [1.165, 1.54) is 6.07 Å². The third kappa shape index (κ3) is 2.40. The highest BCUT2D eigenvalue weighted by Gasteiger charge is 2.19. The van der Waals surface area contributed by atoms with E-state index in [0.717, 1.165) is 12.1 Å². The molecule has 2 heterocycles. The Labute approximate surface area is 118 Å². The maximum atomic E-state index is 10.9. The summed E-state index contributed by atoms with van der Waals surface area (Å²) in [5.74, 6) is 0. The summed E-state index contributed by atoms with van der Waals surface area (Å²) in [6.07, 6.45) is 2.50. The predicted octanol–water partition coefficient (Wildman–Crippen LogP) is 1.52. The molecule has 0 bridgehead atoms. The zero-order chi connectivity index (χ0) is 14.8. The molecule has 3 rings (SSSR count). The Morgan fingerprint density at radius 2 is 2.14 bits per heavy atom. The molecule has 0 atom stereocenters. The number of nitro groups is 1. The van der Waals surface area contributed by atoms with Crippen LogP contribution in [0.4, 0.5) is 11.4 Å². The lowest BCUT2D eigenvalue weighted by Crippen LogP contribution is -2.08. The number of anilines is 1. The van der Waals surface area contributed by atoms with Crippen molar-refractivity contribution in [2.75, 3.05) is 11.9 Å². The number of hydrogen-bond acceptors (Lipinski definition) is 7. The van der Waals surface area contributed by atoms with Crippen molar-refractivity contribution >= 4 is 22.4 Å². The third-order valence-electron chi connectivity index (χ3n) is 3.21. The normalized spacial score (nSPS) is 10.9. The van der Waals surface area contributed by atoms with Crippen molar-refractivity contribution in [3.8, 4) is 0 Å². The average molecular weight is 288 g/mol. The highest BCUT2D eigenvalue weighted by atomic mass is 16.6. The first-order valence-electron chi connectivity index (χ1n) is 6.27. The van der Waals surface area contributed by atoms with Crippen LogP contribution in [-0.2, 0) is 13.5 Å². The van der Waals surface area contributed by atoms with Crippen LogP contribution in [0, 0.1) is 10.1 Å². The van der Waals surface area contributed by atoms with Gasteiger partial charge in [-0.2, -0.15) is 5.10 Å². The Morgan fingerprint density at radius 3 is 2.86 bits per heavy atom. The van der Waals surface area contributed by atoms with Gasteiger partial charge in [0.2, 0.25) is 5.52 Å². The minimum absolute atomic E-state index is 0.122. The summed E-state index contributed by atoms with van der Waals surface area (Å²) < 4.78 is 6.41. The van der Waals surface area contributed by atoms with Gasteiger partial charge < -0.3 is 5.32 Å². The first-order valence-corrected chi connectivity index (χ1v) is 6.27. The van der Waals surface area contributed by atoms with E-state index in [9.17, 15) is 10.1 Å². The van der Waals surface area contributed by atoms with Crippen molar-refractivity contribution in [2.24, 2.45) is 7.05 Å². The predicted molar refractivity (Wildman–Crippen MR) is 73.9 cm³/mol. The van der Waals surface area contributed by atoms with Crippen molar-refractivity contribution < 1.29 is 9.55 Å². The van der Waals surface area contributed by atoms with E-state index in [1.54, 1.807) is 16.9 Å². The summed E-state index contributed by atoms with van der Waals surface area (Å²) in [6.45, 7) is 0.638. The molecule has 2 aromatic heterocycles. The SMILES string of the molecule is Cn1nccc1CCNc1ccc([N+](=O)[O-])c2nonc12. The summed E-state index contributed by atoms with van der Waals surface area (Å²) in [5, 5.41) is 25.5. The van der Waals surface area contributed by atoms with Gasteiger partial charge in [-0.25, -0.2) is 4.63 Å². The summed E-state index contributed by atoms with van der Waals surface area (Å²) >= 11 is 0. The summed E-state index contributed by atoms with van der Waals surface area (Å²) in [6, 6.07) is 4.93. The molecule has 0 unspecified atom stereocenters. The molecule has 1 aromatic carbocycles. The minimum atomic E-state index is -0.508. The van der Waals surface area contributed by atoms with Crippen LogP contribution in [0.5, 0.6) is 0 Å². The van der Waals surface area contributed by atoms with E-state index < -0.39 is 4.92 Å². The number of aromatic nitrogens is 4. The molecule has 0 saturated carbocycles. The highest BCUT2D eigenvalue weighted by molar-refractivity contribution is 5.93. The fraction of sp³-hybridized carbons (Fsp3) is 0.250. The van der Waals surface area contributed by atoms with Crippen LogP contribution < -0.4 is 5.32 Å². The van der Waals surface area contributed by atoms with Gasteiger partial charge in [-0.1, -0.05) is 0 Å². The first-order chi connectivity index (χ1) is 10.2. The van der Waals surface area contributed by atoms with Crippen LogP contribution >= 0.6 is 0 Å². The third-order valence-corrected chi connectivity index (χ3v) is 3.21. The second-order valence-corrected chi connectivity index (χ2v) is 4.47. The molecular formula is C12H12N6O3. The second kappa shape index (κ2) is 5.19. The Kier molecular flexibility index (Phi) is 3.22. The fourth-order valence-corrected chi connectivity index (χ4v) is 2.12. The van der Waals surface area contributed by atoms with Crippen molar-refractivity contribution in [1.29, 1.82) is 0 Å². The lowest BCUT2D eigenvalue weighted by Gasteiger charge is -2.06. The van der Waals surface area contributed by atoms with Crippen molar-refractivity contribution in [3.63, 3.8) is 0 Å². The van der Waals surface area contributed by atoms with Gasteiger partial charge >= 0.3 is 5.69 Å². The molecule has 21 heavy (non-hydrogen) atoms. The number of nitrogens with one attached hydrogen (secondary N) is 1. The molecule has 0 aliphatic rings. The molecule has 0 spiro atoms. The summed E-state index contributed by atoms with van der Waals surface area (Å²) in [7, 11) is 1.88. The molecule has 9 heteroatoms. The molecule has 108 valence electrons. The van der Waals surface area contributed by atoms with Gasteiger partial charge in [-0.05, 0) is 22.4 Å². The maximum absolute atomic E-state index is 10.9. The Balaban J connectivity index is 1.79. The van der Waals surface area contributed by atoms with Gasteiger partial charge in [0.15, 0.2) is 5.52 Å². The molecule has 0 aliphatic carbocycles. The highest BCUT2D eigenvalue weighted by Crippen LogP contribution is 2.28. The quantitative estimate of drug-likeness (QED) is 0.559. The number of nitrogens with zero attached hydrogens (tertiary/aromatic N) is 5. The van der Waals surface area contributed by atoms with E-state index in [4.69, 9.17) is 0 Å². The van der Waals surface area contributed by atoms with E-state index in [-0.39, 0.29) is 11.2 Å². The first kappa shape index (κ1) is 13.0. The molecule has 3 aromatic rings. The smallest absolute Gasteiger partial charge is 0.300 e. The minimum Gasteiger partial charge on any atom is -0.383 e. The number of fused-ring (bicyclic) bond motifs is 1.